The van der Waals surface area contributed by atoms with E-state index in [9.17, 15) is 8.42 Å². The molecule has 1 saturated carbocycles. The van der Waals surface area contributed by atoms with Crippen molar-refractivity contribution in [3.8, 4) is 0 Å². The van der Waals surface area contributed by atoms with Crippen LogP contribution in [0.4, 0.5) is 0 Å². The lowest BCUT2D eigenvalue weighted by molar-refractivity contribution is 0.464. The van der Waals surface area contributed by atoms with Crippen LogP contribution in [0.5, 0.6) is 0 Å². The van der Waals surface area contributed by atoms with E-state index in [-0.39, 0.29) is 16.0 Å². The highest BCUT2D eigenvalue weighted by atomic mass is 35.5. The lowest BCUT2D eigenvalue weighted by Gasteiger charge is -2.18. The molecule has 4 nitrogen and oxygen atoms in total. The number of halogens is 1. The fraction of sp³-hybridized carbons (Fsp3) is 0.500. The number of hydrogen-bond donors (Lipinski definition) is 1. The molecule has 18 heavy (non-hydrogen) atoms. The molecular formula is C12H17ClN2O2S. The SMILES string of the molecule is CNCc1ccc(Cl)c(S(=O)(=O)N(C)C2CC2)c1. The summed E-state index contributed by atoms with van der Waals surface area (Å²) >= 11 is 6.02. The third-order valence-electron chi connectivity index (χ3n) is 3.09. The largest absolute Gasteiger partial charge is 0.316 e. The summed E-state index contributed by atoms with van der Waals surface area (Å²) in [4.78, 5) is 0.200. The summed E-state index contributed by atoms with van der Waals surface area (Å²) in [6.45, 7) is 0.618. The van der Waals surface area contributed by atoms with Gasteiger partial charge in [-0.15, -0.1) is 0 Å². The van der Waals surface area contributed by atoms with Gasteiger partial charge in [-0.2, -0.15) is 4.31 Å². The maximum atomic E-state index is 12.4. The molecule has 6 heteroatoms. The number of nitrogens with one attached hydrogen (secondary N) is 1. The maximum Gasteiger partial charge on any atom is 0.244 e. The van der Waals surface area contributed by atoms with Crippen LogP contribution in [0.3, 0.4) is 0 Å². The minimum atomic E-state index is -3.47. The highest BCUT2D eigenvalue weighted by Gasteiger charge is 2.36. The average molecular weight is 289 g/mol. The molecular weight excluding hydrogens is 272 g/mol. The van der Waals surface area contributed by atoms with Gasteiger partial charge < -0.3 is 5.32 Å². The van der Waals surface area contributed by atoms with Gasteiger partial charge in [0.2, 0.25) is 10.0 Å². The Bertz CT molecular complexity index is 541. The molecule has 2 rings (SSSR count). The molecule has 0 spiro atoms. The summed E-state index contributed by atoms with van der Waals surface area (Å²) in [5.74, 6) is 0. The van der Waals surface area contributed by atoms with Crippen molar-refractivity contribution in [2.45, 2.75) is 30.3 Å². The fourth-order valence-corrected chi connectivity index (χ4v) is 3.79. The van der Waals surface area contributed by atoms with Gasteiger partial charge in [0.05, 0.1) is 5.02 Å². The predicted octanol–water partition coefficient (Wildman–Crippen LogP) is 1.84. The number of sulfonamides is 1. The third-order valence-corrected chi connectivity index (χ3v) is 5.49. The maximum absolute atomic E-state index is 12.4. The Morgan fingerprint density at radius 1 is 1.44 bits per heavy atom. The fourth-order valence-electron chi connectivity index (χ4n) is 1.85. The van der Waals surface area contributed by atoms with Crippen molar-refractivity contribution < 1.29 is 8.42 Å². The molecule has 0 amide bonds. The van der Waals surface area contributed by atoms with E-state index in [0.29, 0.717) is 6.54 Å². The lowest BCUT2D eigenvalue weighted by Crippen LogP contribution is -2.29. The van der Waals surface area contributed by atoms with Gasteiger partial charge in [-0.3, -0.25) is 0 Å². The molecule has 100 valence electrons. The van der Waals surface area contributed by atoms with E-state index in [1.807, 2.05) is 13.1 Å². The van der Waals surface area contributed by atoms with Gasteiger partial charge >= 0.3 is 0 Å². The number of rotatable bonds is 5. The van der Waals surface area contributed by atoms with Crippen LogP contribution in [0.15, 0.2) is 23.1 Å². The van der Waals surface area contributed by atoms with E-state index in [1.54, 1.807) is 19.2 Å². The molecule has 0 saturated heterocycles. The smallest absolute Gasteiger partial charge is 0.244 e. The van der Waals surface area contributed by atoms with E-state index in [0.717, 1.165) is 18.4 Å². The zero-order chi connectivity index (χ0) is 13.3. The van der Waals surface area contributed by atoms with Crippen LogP contribution >= 0.6 is 11.6 Å². The Morgan fingerprint density at radius 3 is 2.67 bits per heavy atom. The molecule has 0 bridgehead atoms. The monoisotopic (exact) mass is 288 g/mol. The second-order valence-electron chi connectivity index (χ2n) is 4.55. The van der Waals surface area contributed by atoms with Crippen molar-refractivity contribution >= 4 is 21.6 Å². The number of hydrogen-bond acceptors (Lipinski definition) is 3. The molecule has 1 aromatic rings. The minimum absolute atomic E-state index is 0.138. The Morgan fingerprint density at radius 2 is 2.11 bits per heavy atom. The van der Waals surface area contributed by atoms with E-state index < -0.39 is 10.0 Å². The first-order valence-corrected chi connectivity index (χ1v) is 7.69. The van der Waals surface area contributed by atoms with E-state index in [2.05, 4.69) is 5.32 Å². The average Bonchev–Trinajstić information content (AvgIpc) is 3.14. The highest BCUT2D eigenvalue weighted by molar-refractivity contribution is 7.89. The first-order chi connectivity index (χ1) is 8.46. The molecule has 1 aliphatic carbocycles. The summed E-state index contributed by atoms with van der Waals surface area (Å²) in [6, 6.07) is 5.25. The van der Waals surface area contributed by atoms with Gasteiger partial charge in [-0.1, -0.05) is 17.7 Å². The van der Waals surface area contributed by atoms with Gasteiger partial charge in [0.15, 0.2) is 0 Å². The van der Waals surface area contributed by atoms with E-state index >= 15 is 0 Å². The summed E-state index contributed by atoms with van der Waals surface area (Å²) in [5.41, 5.74) is 0.907. The first-order valence-electron chi connectivity index (χ1n) is 5.88. The molecule has 1 aliphatic rings. The second kappa shape index (κ2) is 5.17. The quantitative estimate of drug-likeness (QED) is 0.899. The van der Waals surface area contributed by atoms with Gasteiger partial charge in [0.1, 0.15) is 4.90 Å². The van der Waals surface area contributed by atoms with Crippen molar-refractivity contribution in [1.29, 1.82) is 0 Å². The normalized spacial score (nSPS) is 16.2. The molecule has 0 unspecified atom stereocenters. The molecule has 1 aromatic carbocycles. The van der Waals surface area contributed by atoms with E-state index in [1.165, 1.54) is 4.31 Å². The predicted molar refractivity (Wildman–Crippen MR) is 72.2 cm³/mol. The zero-order valence-corrected chi connectivity index (χ0v) is 12.1. The van der Waals surface area contributed by atoms with E-state index in [4.69, 9.17) is 11.6 Å². The highest BCUT2D eigenvalue weighted by Crippen LogP contribution is 2.33. The second-order valence-corrected chi connectivity index (χ2v) is 6.92. The van der Waals surface area contributed by atoms with Crippen LogP contribution in [-0.2, 0) is 16.6 Å². The number of benzene rings is 1. The summed E-state index contributed by atoms with van der Waals surface area (Å²) in [5, 5.41) is 3.27. The van der Waals surface area contributed by atoms with Crippen molar-refractivity contribution in [2.75, 3.05) is 14.1 Å². The summed E-state index contributed by atoms with van der Waals surface area (Å²) < 4.78 is 26.3. The van der Waals surface area contributed by atoms with Crippen LogP contribution in [0.2, 0.25) is 5.02 Å². The standard InChI is InChI=1S/C12H17ClN2O2S/c1-14-8-9-3-6-11(13)12(7-9)18(16,17)15(2)10-4-5-10/h3,6-7,10,14H,4-5,8H2,1-2H3. The lowest BCUT2D eigenvalue weighted by atomic mass is 10.2. The van der Waals surface area contributed by atoms with Gasteiger partial charge in [-0.25, -0.2) is 8.42 Å². The van der Waals surface area contributed by atoms with Crippen LogP contribution in [0, 0.1) is 0 Å². The Hall–Kier alpha value is -0.620. The Kier molecular flexibility index (Phi) is 3.96. The molecule has 0 atom stereocenters. The topological polar surface area (TPSA) is 49.4 Å². The molecule has 1 N–H and O–H groups in total. The van der Waals surface area contributed by atoms with Gasteiger partial charge in [-0.05, 0) is 37.6 Å². The van der Waals surface area contributed by atoms with Crippen LogP contribution in [0.1, 0.15) is 18.4 Å². The third kappa shape index (κ3) is 2.69. The summed E-state index contributed by atoms with van der Waals surface area (Å²) in [7, 11) is -0.0359. The Labute approximate surface area is 113 Å². The van der Waals surface area contributed by atoms with Crippen molar-refractivity contribution in [3.63, 3.8) is 0 Å². The van der Waals surface area contributed by atoms with Crippen molar-refractivity contribution in [3.05, 3.63) is 28.8 Å². The molecule has 0 heterocycles. The van der Waals surface area contributed by atoms with Gasteiger partial charge in [0, 0.05) is 19.6 Å². The van der Waals surface area contributed by atoms with Crippen molar-refractivity contribution in [1.82, 2.24) is 9.62 Å². The summed E-state index contributed by atoms with van der Waals surface area (Å²) in [6.07, 6.45) is 1.87. The molecule has 0 aliphatic heterocycles. The molecule has 0 aromatic heterocycles. The van der Waals surface area contributed by atoms with Gasteiger partial charge in [0.25, 0.3) is 0 Å². The minimum Gasteiger partial charge on any atom is -0.316 e. The Balaban J connectivity index is 2.39. The molecule has 1 fully saturated rings. The van der Waals surface area contributed by atoms with Crippen LogP contribution in [-0.4, -0.2) is 32.9 Å². The van der Waals surface area contributed by atoms with Crippen LogP contribution < -0.4 is 5.32 Å². The van der Waals surface area contributed by atoms with Crippen molar-refractivity contribution in [2.24, 2.45) is 0 Å². The molecule has 0 radical (unpaired) electrons. The first kappa shape index (κ1) is 13.8. The van der Waals surface area contributed by atoms with Crippen LogP contribution in [0.25, 0.3) is 0 Å². The number of nitrogens with zero attached hydrogens (tertiary/aromatic N) is 1. The zero-order valence-electron chi connectivity index (χ0n) is 10.5.